The Morgan fingerprint density at radius 1 is 1.36 bits per heavy atom. The van der Waals surface area contributed by atoms with Gasteiger partial charge in [0.05, 0.1) is 5.56 Å². The minimum Gasteiger partial charge on any atom is -0.192 e. The minimum absolute atomic E-state index is 0.711. The fraction of sp³-hybridized carbons (Fsp3) is 0.222. The average Bonchev–Trinajstić information content (AvgIpc) is 1.96. The molecule has 0 fully saturated rings. The largest absolute Gasteiger partial charge is 0.192 e. The van der Waals surface area contributed by atoms with E-state index in [-0.39, 0.29) is 0 Å². The third kappa shape index (κ3) is 1.61. The van der Waals surface area contributed by atoms with E-state index in [0.29, 0.717) is 5.56 Å². The van der Waals surface area contributed by atoms with Crippen LogP contribution in [0.1, 0.15) is 16.7 Å². The first-order valence-electron chi connectivity index (χ1n) is 3.32. The van der Waals surface area contributed by atoms with Gasteiger partial charge in [-0.1, -0.05) is 6.07 Å². The Morgan fingerprint density at radius 2 is 2.00 bits per heavy atom. The van der Waals surface area contributed by atoms with E-state index in [1.807, 2.05) is 26.0 Å². The lowest BCUT2D eigenvalue weighted by atomic mass is 10.1. The number of hydrogen-bond acceptors (Lipinski definition) is 1. The van der Waals surface area contributed by atoms with Gasteiger partial charge in [0, 0.05) is 4.47 Å². The molecule has 0 radical (unpaired) electrons. The normalized spacial score (nSPS) is 9.27. The molecule has 0 aromatic heterocycles. The quantitative estimate of drug-likeness (QED) is 0.645. The Morgan fingerprint density at radius 3 is 2.55 bits per heavy atom. The zero-order valence-electron chi connectivity index (χ0n) is 6.48. The molecule has 0 amide bonds. The maximum absolute atomic E-state index is 8.69. The topological polar surface area (TPSA) is 23.8 Å². The lowest BCUT2D eigenvalue weighted by molar-refractivity contribution is 1.33. The highest BCUT2D eigenvalue weighted by molar-refractivity contribution is 9.10. The predicted molar refractivity (Wildman–Crippen MR) is 48.3 cm³/mol. The molecule has 1 aromatic carbocycles. The molecule has 1 rings (SSSR count). The maximum atomic E-state index is 8.69. The third-order valence-corrected chi connectivity index (χ3v) is 2.57. The second-order valence-corrected chi connectivity index (χ2v) is 3.35. The first kappa shape index (κ1) is 8.29. The Hall–Kier alpha value is -0.810. The van der Waals surface area contributed by atoms with Crippen LogP contribution in [0, 0.1) is 25.2 Å². The molecule has 0 atom stereocenters. The summed E-state index contributed by atoms with van der Waals surface area (Å²) in [5, 5.41) is 8.69. The molecule has 56 valence electrons. The summed E-state index contributed by atoms with van der Waals surface area (Å²) in [5.74, 6) is 0. The van der Waals surface area contributed by atoms with Crippen molar-refractivity contribution in [3.8, 4) is 6.07 Å². The molecule has 0 aliphatic rings. The van der Waals surface area contributed by atoms with Gasteiger partial charge in [0.25, 0.3) is 0 Å². The van der Waals surface area contributed by atoms with Crippen molar-refractivity contribution < 1.29 is 0 Å². The van der Waals surface area contributed by atoms with Crippen LogP contribution in [0.3, 0.4) is 0 Å². The summed E-state index contributed by atoms with van der Waals surface area (Å²) in [4.78, 5) is 0. The van der Waals surface area contributed by atoms with Gasteiger partial charge >= 0.3 is 0 Å². The molecule has 0 heterocycles. The first-order valence-corrected chi connectivity index (χ1v) is 4.11. The number of benzene rings is 1. The van der Waals surface area contributed by atoms with E-state index in [2.05, 4.69) is 22.0 Å². The van der Waals surface area contributed by atoms with E-state index >= 15 is 0 Å². The summed E-state index contributed by atoms with van der Waals surface area (Å²) in [5.41, 5.74) is 2.95. The molecule has 0 bridgehead atoms. The number of nitriles is 1. The van der Waals surface area contributed by atoms with Gasteiger partial charge in [0.1, 0.15) is 6.07 Å². The standard InChI is InChI=1S/C9H8BrN/c1-6-3-7(2)9(10)8(4-6)5-11/h3-4H,1-2H3. The van der Waals surface area contributed by atoms with Crippen LogP contribution in [-0.2, 0) is 0 Å². The zero-order valence-corrected chi connectivity index (χ0v) is 8.07. The molecule has 2 heteroatoms. The van der Waals surface area contributed by atoms with Gasteiger partial charge < -0.3 is 0 Å². The lowest BCUT2D eigenvalue weighted by Gasteiger charge is -2.01. The zero-order chi connectivity index (χ0) is 8.43. The highest BCUT2D eigenvalue weighted by Gasteiger charge is 2.01. The van der Waals surface area contributed by atoms with E-state index in [4.69, 9.17) is 5.26 Å². The second-order valence-electron chi connectivity index (χ2n) is 2.56. The van der Waals surface area contributed by atoms with Crippen LogP contribution in [0.4, 0.5) is 0 Å². The summed E-state index contributed by atoms with van der Waals surface area (Å²) in [6, 6.07) is 6.05. The molecule has 0 saturated heterocycles. The Kier molecular flexibility index (Phi) is 2.31. The Balaban J connectivity index is 3.39. The Bertz CT molecular complexity index is 323. The van der Waals surface area contributed by atoms with E-state index in [1.165, 1.54) is 0 Å². The van der Waals surface area contributed by atoms with Gasteiger partial charge in [-0.25, -0.2) is 0 Å². The van der Waals surface area contributed by atoms with Crippen LogP contribution in [0.25, 0.3) is 0 Å². The molecule has 1 aromatic rings. The van der Waals surface area contributed by atoms with Crippen LogP contribution in [0.2, 0.25) is 0 Å². The van der Waals surface area contributed by atoms with Crippen molar-refractivity contribution in [3.05, 3.63) is 33.3 Å². The molecular formula is C9H8BrN. The molecule has 1 nitrogen and oxygen atoms in total. The monoisotopic (exact) mass is 209 g/mol. The molecule has 0 aliphatic carbocycles. The van der Waals surface area contributed by atoms with Gasteiger partial charge in [-0.15, -0.1) is 0 Å². The molecule has 0 spiro atoms. The van der Waals surface area contributed by atoms with Crippen molar-refractivity contribution in [3.63, 3.8) is 0 Å². The lowest BCUT2D eigenvalue weighted by Crippen LogP contribution is -1.84. The van der Waals surface area contributed by atoms with E-state index < -0.39 is 0 Å². The average molecular weight is 210 g/mol. The predicted octanol–water partition coefficient (Wildman–Crippen LogP) is 2.94. The number of rotatable bonds is 0. The Labute approximate surface area is 74.8 Å². The first-order chi connectivity index (χ1) is 5.15. The highest BCUT2D eigenvalue weighted by Crippen LogP contribution is 2.21. The minimum atomic E-state index is 0.711. The van der Waals surface area contributed by atoms with Gasteiger partial charge in [-0.3, -0.25) is 0 Å². The van der Waals surface area contributed by atoms with E-state index in [0.717, 1.165) is 15.6 Å². The summed E-state index contributed by atoms with van der Waals surface area (Å²) in [6.45, 7) is 3.97. The summed E-state index contributed by atoms with van der Waals surface area (Å²) >= 11 is 3.35. The third-order valence-electron chi connectivity index (χ3n) is 1.52. The molecule has 11 heavy (non-hydrogen) atoms. The van der Waals surface area contributed by atoms with E-state index in [1.54, 1.807) is 0 Å². The van der Waals surface area contributed by atoms with E-state index in [9.17, 15) is 0 Å². The smallest absolute Gasteiger partial charge is 0.100 e. The number of nitrogens with zero attached hydrogens (tertiary/aromatic N) is 1. The summed E-state index contributed by atoms with van der Waals surface area (Å²) in [7, 11) is 0. The summed E-state index contributed by atoms with van der Waals surface area (Å²) < 4.78 is 0.908. The van der Waals surface area contributed by atoms with Crippen LogP contribution in [0.5, 0.6) is 0 Å². The fourth-order valence-corrected chi connectivity index (χ4v) is 1.35. The highest BCUT2D eigenvalue weighted by atomic mass is 79.9. The molecule has 0 aliphatic heterocycles. The van der Waals surface area contributed by atoms with Gasteiger partial charge in [-0.05, 0) is 47.0 Å². The number of halogens is 1. The summed E-state index contributed by atoms with van der Waals surface area (Å²) in [6.07, 6.45) is 0. The second kappa shape index (κ2) is 3.06. The number of aryl methyl sites for hydroxylation is 2. The van der Waals surface area contributed by atoms with Crippen molar-refractivity contribution in [1.82, 2.24) is 0 Å². The van der Waals surface area contributed by atoms with Gasteiger partial charge in [0.2, 0.25) is 0 Å². The fourth-order valence-electron chi connectivity index (χ4n) is 1.03. The molecule has 0 unspecified atom stereocenters. The van der Waals surface area contributed by atoms with Crippen molar-refractivity contribution in [2.75, 3.05) is 0 Å². The van der Waals surface area contributed by atoms with Crippen molar-refractivity contribution in [1.29, 1.82) is 5.26 Å². The van der Waals surface area contributed by atoms with Crippen molar-refractivity contribution in [2.24, 2.45) is 0 Å². The van der Waals surface area contributed by atoms with Crippen LogP contribution in [0.15, 0.2) is 16.6 Å². The SMILES string of the molecule is Cc1cc(C)c(Br)c(C#N)c1. The molecule has 0 N–H and O–H groups in total. The van der Waals surface area contributed by atoms with Gasteiger partial charge in [0.15, 0.2) is 0 Å². The molecular weight excluding hydrogens is 202 g/mol. The van der Waals surface area contributed by atoms with Crippen molar-refractivity contribution >= 4 is 15.9 Å². The van der Waals surface area contributed by atoms with Crippen LogP contribution < -0.4 is 0 Å². The van der Waals surface area contributed by atoms with Crippen LogP contribution >= 0.6 is 15.9 Å². The van der Waals surface area contributed by atoms with Gasteiger partial charge in [-0.2, -0.15) is 5.26 Å². The number of hydrogen-bond donors (Lipinski definition) is 0. The van der Waals surface area contributed by atoms with Crippen molar-refractivity contribution in [2.45, 2.75) is 13.8 Å². The maximum Gasteiger partial charge on any atom is 0.100 e. The van der Waals surface area contributed by atoms with Crippen LogP contribution in [-0.4, -0.2) is 0 Å². The molecule has 0 saturated carbocycles.